The largest absolute Gasteiger partial charge is 0.481 e. The van der Waals surface area contributed by atoms with Crippen molar-refractivity contribution in [1.29, 1.82) is 0 Å². The van der Waals surface area contributed by atoms with Gasteiger partial charge in [0.15, 0.2) is 0 Å². The van der Waals surface area contributed by atoms with Gasteiger partial charge in [0.25, 0.3) is 0 Å². The SMILES string of the molecule is CCC1(C(=O)O)CCCN(c2cc(C(F)(F)F)ccn2)C1. The van der Waals surface area contributed by atoms with E-state index in [1.807, 2.05) is 0 Å². The number of pyridine rings is 1. The Balaban J connectivity index is 2.28. The molecule has 1 aliphatic rings. The number of piperidine rings is 1. The number of anilines is 1. The molecule has 1 aromatic heterocycles. The molecule has 0 amide bonds. The second kappa shape index (κ2) is 5.54. The lowest BCUT2D eigenvalue weighted by molar-refractivity contribution is -0.149. The molecule has 1 N–H and O–H groups in total. The molecular formula is C14H17F3N2O2. The molecule has 2 heterocycles. The van der Waals surface area contributed by atoms with Gasteiger partial charge in [-0.05, 0) is 31.4 Å². The molecule has 116 valence electrons. The number of rotatable bonds is 3. The van der Waals surface area contributed by atoms with Crippen molar-refractivity contribution in [2.24, 2.45) is 5.41 Å². The first-order valence-electron chi connectivity index (χ1n) is 6.80. The van der Waals surface area contributed by atoms with Gasteiger partial charge in [-0.15, -0.1) is 0 Å². The molecule has 0 saturated carbocycles. The van der Waals surface area contributed by atoms with Gasteiger partial charge in [0.05, 0.1) is 11.0 Å². The highest BCUT2D eigenvalue weighted by Crippen LogP contribution is 2.36. The summed E-state index contributed by atoms with van der Waals surface area (Å²) in [7, 11) is 0. The standard InChI is InChI=1S/C14H17F3N2O2/c1-2-13(12(20)21)5-3-7-19(9-13)11-8-10(4-6-18-11)14(15,16)17/h4,6,8H,2-3,5,7,9H2,1H3,(H,20,21). The van der Waals surface area contributed by atoms with Gasteiger partial charge in [0, 0.05) is 19.3 Å². The average Bonchev–Trinajstić information content (AvgIpc) is 2.46. The van der Waals surface area contributed by atoms with Crippen molar-refractivity contribution in [3.8, 4) is 0 Å². The number of carboxylic acid groups (broad SMARTS) is 1. The van der Waals surface area contributed by atoms with Gasteiger partial charge in [0.1, 0.15) is 5.82 Å². The zero-order valence-corrected chi connectivity index (χ0v) is 11.7. The zero-order valence-electron chi connectivity index (χ0n) is 11.7. The minimum atomic E-state index is -4.43. The normalized spacial score (nSPS) is 23.1. The maximum Gasteiger partial charge on any atom is 0.416 e. The molecule has 1 aliphatic heterocycles. The first-order valence-corrected chi connectivity index (χ1v) is 6.80. The number of hydrogen-bond donors (Lipinski definition) is 1. The maximum absolute atomic E-state index is 12.7. The lowest BCUT2D eigenvalue weighted by atomic mass is 9.77. The number of carbonyl (C=O) groups is 1. The molecule has 1 saturated heterocycles. The highest BCUT2D eigenvalue weighted by atomic mass is 19.4. The molecular weight excluding hydrogens is 285 g/mol. The van der Waals surface area contributed by atoms with Gasteiger partial charge >= 0.3 is 12.1 Å². The third-order valence-electron chi connectivity index (χ3n) is 4.10. The number of halogens is 3. The van der Waals surface area contributed by atoms with E-state index in [1.165, 1.54) is 0 Å². The topological polar surface area (TPSA) is 53.4 Å². The molecule has 1 fully saturated rings. The van der Waals surface area contributed by atoms with E-state index in [-0.39, 0.29) is 12.4 Å². The second-order valence-electron chi connectivity index (χ2n) is 5.36. The summed E-state index contributed by atoms with van der Waals surface area (Å²) in [5, 5.41) is 9.41. The number of hydrogen-bond acceptors (Lipinski definition) is 3. The van der Waals surface area contributed by atoms with Gasteiger partial charge in [-0.1, -0.05) is 6.92 Å². The van der Waals surface area contributed by atoms with E-state index >= 15 is 0 Å². The van der Waals surface area contributed by atoms with Crippen LogP contribution in [0.25, 0.3) is 0 Å². The third-order valence-corrected chi connectivity index (χ3v) is 4.10. The van der Waals surface area contributed by atoms with Crippen LogP contribution in [0, 0.1) is 5.41 Å². The molecule has 4 nitrogen and oxygen atoms in total. The molecule has 2 rings (SSSR count). The predicted octanol–water partition coefficient (Wildman–Crippen LogP) is 3.18. The van der Waals surface area contributed by atoms with Crippen LogP contribution in [-0.2, 0) is 11.0 Å². The molecule has 0 radical (unpaired) electrons. The van der Waals surface area contributed by atoms with E-state index in [9.17, 15) is 23.1 Å². The summed E-state index contributed by atoms with van der Waals surface area (Å²) in [4.78, 5) is 17.1. The molecule has 1 aromatic rings. The van der Waals surface area contributed by atoms with Crippen molar-refractivity contribution in [2.45, 2.75) is 32.4 Å². The number of nitrogens with zero attached hydrogens (tertiary/aromatic N) is 2. The molecule has 21 heavy (non-hydrogen) atoms. The highest BCUT2D eigenvalue weighted by molar-refractivity contribution is 5.76. The van der Waals surface area contributed by atoms with Crippen molar-refractivity contribution in [2.75, 3.05) is 18.0 Å². The minimum Gasteiger partial charge on any atom is -0.481 e. The van der Waals surface area contributed by atoms with Crippen LogP contribution < -0.4 is 4.90 Å². The Morgan fingerprint density at radius 1 is 1.52 bits per heavy atom. The summed E-state index contributed by atoms with van der Waals surface area (Å²) in [5.41, 5.74) is -1.68. The number of carboxylic acids is 1. The Hall–Kier alpha value is -1.79. The van der Waals surface area contributed by atoms with Crippen LogP contribution in [-0.4, -0.2) is 29.1 Å². The Bertz CT molecular complexity index is 533. The summed E-state index contributed by atoms with van der Waals surface area (Å²) in [6, 6.07) is 1.89. The Kier molecular flexibility index (Phi) is 4.11. The fraction of sp³-hybridized carbons (Fsp3) is 0.571. The van der Waals surface area contributed by atoms with Gasteiger partial charge in [-0.25, -0.2) is 4.98 Å². The Labute approximate surface area is 120 Å². The Morgan fingerprint density at radius 2 is 2.24 bits per heavy atom. The number of aliphatic carboxylic acids is 1. The lowest BCUT2D eigenvalue weighted by Crippen LogP contribution is -2.48. The molecule has 0 aromatic carbocycles. The van der Waals surface area contributed by atoms with Crippen molar-refractivity contribution < 1.29 is 23.1 Å². The smallest absolute Gasteiger partial charge is 0.416 e. The average molecular weight is 302 g/mol. The van der Waals surface area contributed by atoms with Gasteiger partial charge in [-0.3, -0.25) is 4.79 Å². The van der Waals surface area contributed by atoms with Crippen molar-refractivity contribution in [3.63, 3.8) is 0 Å². The number of aromatic nitrogens is 1. The van der Waals surface area contributed by atoms with Crippen molar-refractivity contribution >= 4 is 11.8 Å². The van der Waals surface area contributed by atoms with Crippen LogP contribution in [0.1, 0.15) is 31.7 Å². The van der Waals surface area contributed by atoms with Crippen LogP contribution in [0.5, 0.6) is 0 Å². The summed E-state index contributed by atoms with van der Waals surface area (Å²) in [6.45, 7) is 2.49. The van der Waals surface area contributed by atoms with Crippen molar-refractivity contribution in [3.05, 3.63) is 23.9 Å². The molecule has 7 heteroatoms. The van der Waals surface area contributed by atoms with E-state index in [0.29, 0.717) is 25.8 Å². The van der Waals surface area contributed by atoms with Crippen LogP contribution in [0.3, 0.4) is 0 Å². The first-order chi connectivity index (χ1) is 9.78. The predicted molar refractivity (Wildman–Crippen MR) is 71.0 cm³/mol. The monoisotopic (exact) mass is 302 g/mol. The van der Waals surface area contributed by atoms with Crippen LogP contribution >= 0.6 is 0 Å². The van der Waals surface area contributed by atoms with E-state index < -0.39 is 23.1 Å². The lowest BCUT2D eigenvalue weighted by Gasteiger charge is -2.40. The zero-order chi connectivity index (χ0) is 15.7. The number of alkyl halides is 3. The van der Waals surface area contributed by atoms with Crippen LogP contribution in [0.15, 0.2) is 18.3 Å². The van der Waals surface area contributed by atoms with Gasteiger partial charge in [-0.2, -0.15) is 13.2 Å². The van der Waals surface area contributed by atoms with Crippen LogP contribution in [0.2, 0.25) is 0 Å². The van der Waals surface area contributed by atoms with Gasteiger partial charge < -0.3 is 10.0 Å². The fourth-order valence-corrected chi connectivity index (χ4v) is 2.71. The molecule has 0 bridgehead atoms. The quantitative estimate of drug-likeness (QED) is 0.931. The molecule has 1 unspecified atom stereocenters. The van der Waals surface area contributed by atoms with Gasteiger partial charge in [0.2, 0.25) is 0 Å². The van der Waals surface area contributed by atoms with Crippen molar-refractivity contribution in [1.82, 2.24) is 4.98 Å². The second-order valence-corrected chi connectivity index (χ2v) is 5.36. The first kappa shape index (κ1) is 15.6. The third kappa shape index (κ3) is 3.11. The summed E-state index contributed by atoms with van der Waals surface area (Å²) in [5.74, 6) is -0.717. The van der Waals surface area contributed by atoms with E-state index in [2.05, 4.69) is 4.98 Å². The summed E-state index contributed by atoms with van der Waals surface area (Å²) >= 11 is 0. The van der Waals surface area contributed by atoms with E-state index in [1.54, 1.807) is 11.8 Å². The van der Waals surface area contributed by atoms with E-state index in [4.69, 9.17) is 0 Å². The Morgan fingerprint density at radius 3 is 2.81 bits per heavy atom. The summed E-state index contributed by atoms with van der Waals surface area (Å²) in [6.07, 6.45) is -1.71. The molecule has 1 atom stereocenters. The highest BCUT2D eigenvalue weighted by Gasteiger charge is 2.41. The molecule has 0 spiro atoms. The minimum absolute atomic E-state index is 0.184. The summed E-state index contributed by atoms with van der Waals surface area (Å²) < 4.78 is 38.2. The maximum atomic E-state index is 12.7. The fourth-order valence-electron chi connectivity index (χ4n) is 2.71. The molecule has 0 aliphatic carbocycles. The van der Waals surface area contributed by atoms with Crippen LogP contribution in [0.4, 0.5) is 19.0 Å². The van der Waals surface area contributed by atoms with E-state index in [0.717, 1.165) is 18.3 Å².